The molecule has 0 spiro atoms. The van der Waals surface area contributed by atoms with Gasteiger partial charge in [0.1, 0.15) is 0 Å². The van der Waals surface area contributed by atoms with Gasteiger partial charge in [0.2, 0.25) is 0 Å². The molecule has 0 unspecified atom stereocenters. The summed E-state index contributed by atoms with van der Waals surface area (Å²) in [5, 5.41) is 0. The Balaban J connectivity index is 2.37. The Morgan fingerprint density at radius 2 is 2.10 bits per heavy atom. The Morgan fingerprint density at radius 1 is 1.35 bits per heavy atom. The molecule has 2 N–H and O–H groups in total. The Hall–Kier alpha value is -2.16. The van der Waals surface area contributed by atoms with Crippen molar-refractivity contribution in [2.75, 3.05) is 7.05 Å². The third kappa shape index (κ3) is 2.87. The molecular weight excluding hydrogens is 246 g/mol. The molecule has 20 heavy (non-hydrogen) atoms. The standard InChI is InChI=1S/C17H21N3/c1-11-7-12(2)15(8-11)14-5-6-17(20-9-14)16(10-19-4)13(3)18/h5-6,8-10H,7,18H2,1-4H3. The van der Waals surface area contributed by atoms with Crippen molar-refractivity contribution in [3.8, 4) is 0 Å². The van der Waals surface area contributed by atoms with Crippen molar-refractivity contribution in [3.63, 3.8) is 0 Å². The van der Waals surface area contributed by atoms with Gasteiger partial charge in [-0.1, -0.05) is 23.3 Å². The second kappa shape index (κ2) is 5.87. The Kier molecular flexibility index (Phi) is 4.18. The molecule has 2 rings (SSSR count). The number of allylic oxidation sites excluding steroid dienone is 6. The fourth-order valence-corrected chi connectivity index (χ4v) is 2.48. The SMILES string of the molecule is CN=CC(=C(C)N)c1ccc(C2=C(C)CC(C)=C2)cn1. The number of rotatable bonds is 3. The van der Waals surface area contributed by atoms with Crippen LogP contribution in [0.3, 0.4) is 0 Å². The van der Waals surface area contributed by atoms with Crippen LogP contribution >= 0.6 is 0 Å². The van der Waals surface area contributed by atoms with Crippen LogP contribution in [0.25, 0.3) is 11.1 Å². The van der Waals surface area contributed by atoms with Crippen LogP contribution in [0.15, 0.2) is 46.2 Å². The first-order valence-electron chi connectivity index (χ1n) is 6.75. The van der Waals surface area contributed by atoms with Gasteiger partial charge in [0, 0.05) is 30.7 Å². The number of hydrogen-bond acceptors (Lipinski definition) is 3. The number of hydrogen-bond donors (Lipinski definition) is 1. The maximum atomic E-state index is 5.88. The van der Waals surface area contributed by atoms with Crippen molar-refractivity contribution < 1.29 is 0 Å². The van der Waals surface area contributed by atoms with Crippen LogP contribution in [0, 0.1) is 0 Å². The molecule has 1 heterocycles. The highest BCUT2D eigenvalue weighted by molar-refractivity contribution is 6.09. The van der Waals surface area contributed by atoms with E-state index in [1.807, 2.05) is 19.2 Å². The molecule has 0 bridgehead atoms. The molecule has 1 aromatic rings. The van der Waals surface area contributed by atoms with Crippen LogP contribution in [0.2, 0.25) is 0 Å². The number of nitrogens with two attached hydrogens (primary N) is 1. The second-order valence-corrected chi connectivity index (χ2v) is 5.28. The van der Waals surface area contributed by atoms with Crippen molar-refractivity contribution >= 4 is 17.4 Å². The van der Waals surface area contributed by atoms with Gasteiger partial charge >= 0.3 is 0 Å². The predicted molar refractivity (Wildman–Crippen MR) is 86.4 cm³/mol. The third-order valence-corrected chi connectivity index (χ3v) is 3.43. The van der Waals surface area contributed by atoms with E-state index in [2.05, 4.69) is 36.0 Å². The summed E-state index contributed by atoms with van der Waals surface area (Å²) in [5.74, 6) is 0. The van der Waals surface area contributed by atoms with E-state index in [0.717, 1.165) is 28.9 Å². The summed E-state index contributed by atoms with van der Waals surface area (Å²) < 4.78 is 0. The van der Waals surface area contributed by atoms with E-state index in [4.69, 9.17) is 5.73 Å². The molecule has 1 aliphatic carbocycles. The quantitative estimate of drug-likeness (QED) is 0.851. The lowest BCUT2D eigenvalue weighted by Crippen LogP contribution is -2.01. The van der Waals surface area contributed by atoms with E-state index in [0.29, 0.717) is 0 Å². The van der Waals surface area contributed by atoms with Crippen LogP contribution in [0.5, 0.6) is 0 Å². The summed E-state index contributed by atoms with van der Waals surface area (Å²) in [6.45, 7) is 6.20. The van der Waals surface area contributed by atoms with Gasteiger partial charge in [0.15, 0.2) is 0 Å². The first-order chi connectivity index (χ1) is 9.52. The molecule has 0 aromatic carbocycles. The lowest BCUT2D eigenvalue weighted by Gasteiger charge is -2.07. The van der Waals surface area contributed by atoms with Crippen LogP contribution in [-0.2, 0) is 0 Å². The number of nitrogens with zero attached hydrogens (tertiary/aromatic N) is 2. The summed E-state index contributed by atoms with van der Waals surface area (Å²) >= 11 is 0. The van der Waals surface area contributed by atoms with Gasteiger partial charge in [-0.2, -0.15) is 0 Å². The topological polar surface area (TPSA) is 51.3 Å². The molecule has 0 radical (unpaired) electrons. The van der Waals surface area contributed by atoms with Gasteiger partial charge in [0.25, 0.3) is 0 Å². The highest BCUT2D eigenvalue weighted by Crippen LogP contribution is 2.31. The molecule has 0 atom stereocenters. The normalized spacial score (nSPS) is 16.7. The fourth-order valence-electron chi connectivity index (χ4n) is 2.48. The average molecular weight is 267 g/mol. The zero-order valence-electron chi connectivity index (χ0n) is 12.6. The molecule has 0 amide bonds. The number of pyridine rings is 1. The minimum absolute atomic E-state index is 0.725. The van der Waals surface area contributed by atoms with Gasteiger partial charge in [0.05, 0.1) is 5.69 Å². The summed E-state index contributed by atoms with van der Waals surface area (Å²) in [4.78, 5) is 8.56. The fraction of sp³-hybridized carbons (Fsp3) is 0.294. The van der Waals surface area contributed by atoms with Gasteiger partial charge in [-0.3, -0.25) is 9.98 Å². The van der Waals surface area contributed by atoms with Crippen molar-refractivity contribution in [3.05, 3.63) is 52.5 Å². The van der Waals surface area contributed by atoms with Gasteiger partial charge in [-0.15, -0.1) is 0 Å². The second-order valence-electron chi connectivity index (χ2n) is 5.28. The lowest BCUT2D eigenvalue weighted by atomic mass is 10.0. The Morgan fingerprint density at radius 3 is 2.55 bits per heavy atom. The maximum absolute atomic E-state index is 5.88. The summed E-state index contributed by atoms with van der Waals surface area (Å²) in [5.41, 5.74) is 13.6. The maximum Gasteiger partial charge on any atom is 0.0734 e. The molecule has 0 saturated heterocycles. The van der Waals surface area contributed by atoms with Crippen LogP contribution in [0.1, 0.15) is 38.4 Å². The highest BCUT2D eigenvalue weighted by Gasteiger charge is 2.12. The van der Waals surface area contributed by atoms with E-state index >= 15 is 0 Å². The minimum atomic E-state index is 0.725. The Bertz CT molecular complexity index is 592. The highest BCUT2D eigenvalue weighted by atomic mass is 14.7. The predicted octanol–water partition coefficient (Wildman–Crippen LogP) is 3.60. The molecule has 3 heteroatoms. The summed E-state index contributed by atoms with van der Waals surface area (Å²) in [7, 11) is 1.73. The minimum Gasteiger partial charge on any atom is -0.402 e. The Labute approximate surface area is 120 Å². The van der Waals surface area contributed by atoms with Crippen molar-refractivity contribution in [1.29, 1.82) is 0 Å². The molecule has 3 nitrogen and oxygen atoms in total. The van der Waals surface area contributed by atoms with Gasteiger partial charge in [-0.05, 0) is 44.4 Å². The van der Waals surface area contributed by atoms with Crippen molar-refractivity contribution in [2.45, 2.75) is 27.2 Å². The summed E-state index contributed by atoms with van der Waals surface area (Å²) in [6.07, 6.45) is 6.97. The molecule has 104 valence electrons. The monoisotopic (exact) mass is 267 g/mol. The van der Waals surface area contributed by atoms with E-state index in [-0.39, 0.29) is 0 Å². The molecule has 1 aliphatic rings. The molecular formula is C17H21N3. The van der Waals surface area contributed by atoms with E-state index in [1.54, 1.807) is 13.3 Å². The van der Waals surface area contributed by atoms with E-state index < -0.39 is 0 Å². The van der Waals surface area contributed by atoms with E-state index in [9.17, 15) is 0 Å². The number of aromatic nitrogens is 1. The van der Waals surface area contributed by atoms with Crippen molar-refractivity contribution in [1.82, 2.24) is 4.98 Å². The zero-order valence-corrected chi connectivity index (χ0v) is 12.6. The van der Waals surface area contributed by atoms with Crippen LogP contribution in [0.4, 0.5) is 0 Å². The van der Waals surface area contributed by atoms with Crippen LogP contribution in [-0.4, -0.2) is 18.2 Å². The van der Waals surface area contributed by atoms with Crippen molar-refractivity contribution in [2.24, 2.45) is 10.7 Å². The first kappa shape index (κ1) is 14.3. The summed E-state index contributed by atoms with van der Waals surface area (Å²) in [6, 6.07) is 4.10. The number of aliphatic imine (C=N–C) groups is 1. The lowest BCUT2D eigenvalue weighted by molar-refractivity contribution is 1.15. The van der Waals surface area contributed by atoms with Gasteiger partial charge in [-0.25, -0.2) is 0 Å². The smallest absolute Gasteiger partial charge is 0.0734 e. The molecule has 0 fully saturated rings. The van der Waals surface area contributed by atoms with Gasteiger partial charge < -0.3 is 5.73 Å². The largest absolute Gasteiger partial charge is 0.402 e. The molecule has 0 aliphatic heterocycles. The molecule has 1 aromatic heterocycles. The third-order valence-electron chi connectivity index (χ3n) is 3.43. The molecule has 0 saturated carbocycles. The zero-order chi connectivity index (χ0) is 14.7. The van der Waals surface area contributed by atoms with Crippen LogP contribution < -0.4 is 5.73 Å². The average Bonchev–Trinajstić information content (AvgIpc) is 2.75. The first-order valence-corrected chi connectivity index (χ1v) is 6.75. The van der Waals surface area contributed by atoms with E-state index in [1.165, 1.54) is 16.7 Å².